The van der Waals surface area contributed by atoms with Gasteiger partial charge in [-0.25, -0.2) is 0 Å². The number of methoxy groups -OCH3 is 3. The van der Waals surface area contributed by atoms with Gasteiger partial charge in [0, 0.05) is 12.6 Å². The number of nitrogens with zero attached hydrogens (tertiary/aromatic N) is 1. The monoisotopic (exact) mass is 403 g/mol. The predicted molar refractivity (Wildman–Crippen MR) is 109 cm³/mol. The van der Waals surface area contributed by atoms with Crippen LogP contribution in [0.15, 0.2) is 12.1 Å². The summed E-state index contributed by atoms with van der Waals surface area (Å²) in [5, 5.41) is 10.3. The average molecular weight is 404 g/mol. The fourth-order valence-corrected chi connectivity index (χ4v) is 3.59. The fourth-order valence-electron chi connectivity index (χ4n) is 3.59. The van der Waals surface area contributed by atoms with Crippen LogP contribution in [0.2, 0.25) is 0 Å². The third kappa shape index (κ3) is 7.03. The van der Waals surface area contributed by atoms with Gasteiger partial charge in [0.05, 0.1) is 40.6 Å². The molecule has 7 heteroatoms. The summed E-state index contributed by atoms with van der Waals surface area (Å²) >= 11 is 0. The summed E-state index contributed by atoms with van der Waals surface area (Å²) in [6, 6.07) is 4.32. The van der Waals surface area contributed by atoms with Crippen LogP contribution < -0.4 is 14.2 Å². The Labute approximate surface area is 169 Å². The molecule has 0 saturated heterocycles. The van der Waals surface area contributed by atoms with E-state index in [1.54, 1.807) is 21.3 Å². The third-order valence-electron chi connectivity index (χ3n) is 5.00. The van der Waals surface area contributed by atoms with Crippen LogP contribution in [0.1, 0.15) is 37.7 Å². The summed E-state index contributed by atoms with van der Waals surface area (Å²) in [5.41, 5.74) is 0.910. The molecule has 0 amide bonds. The Morgan fingerprint density at radius 2 is 1.63 bits per heavy atom. The van der Waals surface area contributed by atoms with Gasteiger partial charge in [-0.15, -0.1) is 12.4 Å². The van der Waals surface area contributed by atoms with Gasteiger partial charge in [0.2, 0.25) is 5.75 Å². The maximum Gasteiger partial charge on any atom is 0.203 e. The van der Waals surface area contributed by atoms with Crippen molar-refractivity contribution in [2.24, 2.45) is 0 Å². The van der Waals surface area contributed by atoms with Gasteiger partial charge in [-0.2, -0.15) is 0 Å². The molecule has 0 radical (unpaired) electrons. The van der Waals surface area contributed by atoms with Crippen LogP contribution in [-0.2, 0) is 11.3 Å². The molecule has 0 aliphatic heterocycles. The molecule has 1 aromatic carbocycles. The van der Waals surface area contributed by atoms with E-state index in [-0.39, 0.29) is 12.4 Å². The molecule has 1 aliphatic rings. The zero-order chi connectivity index (χ0) is 18.9. The van der Waals surface area contributed by atoms with Crippen molar-refractivity contribution in [2.75, 3.05) is 41.5 Å². The number of aliphatic hydroxyl groups is 1. The van der Waals surface area contributed by atoms with Crippen molar-refractivity contribution in [2.45, 2.75) is 50.9 Å². The zero-order valence-electron chi connectivity index (χ0n) is 16.9. The fraction of sp³-hybridized carbons (Fsp3) is 0.700. The molecular weight excluding hydrogens is 370 g/mol. The van der Waals surface area contributed by atoms with Crippen molar-refractivity contribution in [1.29, 1.82) is 0 Å². The Balaban J connectivity index is 0.00000364. The van der Waals surface area contributed by atoms with Crippen LogP contribution in [0.4, 0.5) is 0 Å². The Morgan fingerprint density at radius 3 is 2.15 bits per heavy atom. The molecule has 0 aromatic heterocycles. The molecule has 1 N–H and O–H groups in total. The Hall–Kier alpha value is -1.21. The van der Waals surface area contributed by atoms with Crippen LogP contribution >= 0.6 is 12.4 Å². The van der Waals surface area contributed by atoms with Gasteiger partial charge in [0.15, 0.2) is 11.5 Å². The van der Waals surface area contributed by atoms with E-state index in [0.717, 1.165) is 5.56 Å². The molecule has 0 heterocycles. The molecule has 1 unspecified atom stereocenters. The summed E-state index contributed by atoms with van der Waals surface area (Å²) in [5.74, 6) is 1.76. The van der Waals surface area contributed by atoms with E-state index in [2.05, 4.69) is 11.9 Å². The predicted octanol–water partition coefficient (Wildman–Crippen LogP) is 3.28. The van der Waals surface area contributed by atoms with Crippen molar-refractivity contribution in [3.05, 3.63) is 17.7 Å². The Morgan fingerprint density at radius 1 is 1.04 bits per heavy atom. The normalized spacial score (nSPS) is 15.9. The van der Waals surface area contributed by atoms with E-state index in [1.807, 2.05) is 12.1 Å². The first-order chi connectivity index (χ1) is 12.6. The first-order valence-electron chi connectivity index (χ1n) is 9.34. The summed E-state index contributed by atoms with van der Waals surface area (Å²) < 4.78 is 21.7. The highest BCUT2D eigenvalue weighted by molar-refractivity contribution is 5.85. The Bertz CT molecular complexity index is 526. The SMILES string of the molecule is COc1cc(COCC(O)CN(C)C2CCCCC2)cc(OC)c1OC.Cl. The van der Waals surface area contributed by atoms with Gasteiger partial charge in [-0.3, -0.25) is 0 Å². The van der Waals surface area contributed by atoms with E-state index >= 15 is 0 Å². The minimum Gasteiger partial charge on any atom is -0.493 e. The van der Waals surface area contributed by atoms with Crippen molar-refractivity contribution in [3.8, 4) is 17.2 Å². The van der Waals surface area contributed by atoms with E-state index in [1.165, 1.54) is 32.1 Å². The molecule has 27 heavy (non-hydrogen) atoms. The molecule has 0 spiro atoms. The quantitative estimate of drug-likeness (QED) is 0.647. The molecule has 1 aromatic rings. The van der Waals surface area contributed by atoms with Crippen molar-refractivity contribution >= 4 is 12.4 Å². The maximum absolute atomic E-state index is 10.3. The second-order valence-corrected chi connectivity index (χ2v) is 6.93. The molecule has 1 saturated carbocycles. The van der Waals surface area contributed by atoms with Crippen LogP contribution in [0.3, 0.4) is 0 Å². The minimum absolute atomic E-state index is 0. The summed E-state index contributed by atoms with van der Waals surface area (Å²) in [7, 11) is 6.85. The van der Waals surface area contributed by atoms with E-state index < -0.39 is 6.10 Å². The molecule has 1 fully saturated rings. The average Bonchev–Trinajstić information content (AvgIpc) is 2.67. The molecule has 156 valence electrons. The lowest BCUT2D eigenvalue weighted by Gasteiger charge is -2.32. The molecule has 1 aliphatic carbocycles. The van der Waals surface area contributed by atoms with Gasteiger partial charge >= 0.3 is 0 Å². The first kappa shape index (κ1) is 23.8. The van der Waals surface area contributed by atoms with Crippen LogP contribution in [0.5, 0.6) is 17.2 Å². The van der Waals surface area contributed by atoms with E-state index in [9.17, 15) is 5.11 Å². The lowest BCUT2D eigenvalue weighted by atomic mass is 9.94. The van der Waals surface area contributed by atoms with Crippen LogP contribution in [0.25, 0.3) is 0 Å². The number of ether oxygens (including phenoxy) is 4. The van der Waals surface area contributed by atoms with Gasteiger partial charge in [0.1, 0.15) is 0 Å². The second-order valence-electron chi connectivity index (χ2n) is 6.93. The molecule has 1 atom stereocenters. The minimum atomic E-state index is -0.496. The number of hydrogen-bond donors (Lipinski definition) is 1. The van der Waals surface area contributed by atoms with Crippen molar-refractivity contribution in [3.63, 3.8) is 0 Å². The number of rotatable bonds is 10. The number of halogens is 1. The topological polar surface area (TPSA) is 60.4 Å². The first-order valence-corrected chi connectivity index (χ1v) is 9.34. The lowest BCUT2D eigenvalue weighted by molar-refractivity contribution is 0.00481. The number of hydrogen-bond acceptors (Lipinski definition) is 6. The highest BCUT2D eigenvalue weighted by Gasteiger charge is 2.20. The number of benzene rings is 1. The van der Waals surface area contributed by atoms with Crippen molar-refractivity contribution < 1.29 is 24.1 Å². The highest BCUT2D eigenvalue weighted by atomic mass is 35.5. The van der Waals surface area contributed by atoms with Gasteiger partial charge in [0.25, 0.3) is 0 Å². The largest absolute Gasteiger partial charge is 0.493 e. The smallest absolute Gasteiger partial charge is 0.203 e. The van der Waals surface area contributed by atoms with Crippen LogP contribution in [0, 0.1) is 0 Å². The number of likely N-dealkylation sites (N-methyl/N-ethyl adjacent to an activating group) is 1. The standard InChI is InChI=1S/C20H33NO5.ClH/c1-21(16-8-6-5-7-9-16)12-17(22)14-26-13-15-10-18(23-2)20(25-4)19(11-15)24-3;/h10-11,16-17,22H,5-9,12-14H2,1-4H3;1H. The lowest BCUT2D eigenvalue weighted by Crippen LogP contribution is -2.40. The summed E-state index contributed by atoms with van der Waals surface area (Å²) in [6.07, 6.45) is 5.89. The number of aliphatic hydroxyl groups excluding tert-OH is 1. The summed E-state index contributed by atoms with van der Waals surface area (Å²) in [4.78, 5) is 2.27. The maximum atomic E-state index is 10.3. The molecule has 2 rings (SSSR count). The molecule has 0 bridgehead atoms. The zero-order valence-corrected chi connectivity index (χ0v) is 17.7. The summed E-state index contributed by atoms with van der Waals surface area (Å²) in [6.45, 7) is 1.31. The van der Waals surface area contributed by atoms with E-state index in [0.29, 0.717) is 43.0 Å². The molecular formula is C20H34ClNO5. The Kier molecular flexibility index (Phi) is 10.8. The molecule has 6 nitrogen and oxygen atoms in total. The second kappa shape index (κ2) is 12.3. The third-order valence-corrected chi connectivity index (χ3v) is 5.00. The van der Waals surface area contributed by atoms with Gasteiger partial charge in [-0.1, -0.05) is 19.3 Å². The van der Waals surface area contributed by atoms with Gasteiger partial charge in [-0.05, 0) is 37.6 Å². The van der Waals surface area contributed by atoms with Crippen molar-refractivity contribution in [1.82, 2.24) is 4.90 Å². The highest BCUT2D eigenvalue weighted by Crippen LogP contribution is 2.38. The van der Waals surface area contributed by atoms with Crippen LogP contribution in [-0.4, -0.2) is 63.7 Å². The van der Waals surface area contributed by atoms with E-state index in [4.69, 9.17) is 18.9 Å². The van der Waals surface area contributed by atoms with Gasteiger partial charge < -0.3 is 29.0 Å².